The molecule has 1 atom stereocenters. The molecule has 4 rings (SSSR count). The predicted molar refractivity (Wildman–Crippen MR) is 94.0 cm³/mol. The maximum Gasteiger partial charge on any atom is 0.231 e. The van der Waals surface area contributed by atoms with Crippen molar-refractivity contribution in [3.05, 3.63) is 47.6 Å². The Hall–Kier alpha value is -2.17. The van der Waals surface area contributed by atoms with Gasteiger partial charge in [-0.25, -0.2) is 0 Å². The molecule has 1 aliphatic heterocycles. The van der Waals surface area contributed by atoms with Crippen LogP contribution in [-0.4, -0.2) is 34.0 Å². The normalized spacial score (nSPS) is 22.4. The molecule has 0 radical (unpaired) electrons. The Morgan fingerprint density at radius 2 is 2.08 bits per heavy atom. The fourth-order valence-corrected chi connectivity index (χ4v) is 4.23. The third-order valence-corrected chi connectivity index (χ3v) is 5.75. The lowest BCUT2D eigenvalue weighted by Crippen LogP contribution is -2.51. The molecule has 1 aliphatic carbocycles. The van der Waals surface area contributed by atoms with Gasteiger partial charge in [0.1, 0.15) is 0 Å². The number of carbonyl (C=O) groups is 1. The number of hydrogen-bond donors (Lipinski definition) is 0. The molecule has 25 heavy (non-hydrogen) atoms. The molecule has 0 bridgehead atoms. The fraction of sp³-hybridized carbons (Fsp3) is 0.550. The minimum atomic E-state index is -0.200. The van der Waals surface area contributed by atoms with E-state index in [2.05, 4.69) is 39.3 Å². The lowest BCUT2D eigenvalue weighted by molar-refractivity contribution is -0.149. The highest BCUT2D eigenvalue weighted by atomic mass is 16.5. The number of carbonyl (C=O) groups excluding carboxylic acids is 1. The van der Waals surface area contributed by atoms with Crippen molar-refractivity contribution in [1.82, 2.24) is 15.0 Å². The van der Waals surface area contributed by atoms with Gasteiger partial charge in [-0.05, 0) is 44.6 Å². The molecule has 2 aromatic rings. The van der Waals surface area contributed by atoms with Crippen LogP contribution >= 0.6 is 0 Å². The summed E-state index contributed by atoms with van der Waals surface area (Å²) in [6.45, 7) is 3.39. The standard InChI is InChI=1S/C20H25N3O2/c1-15-21-18(25-22-15)17-9-5-12-23(14-17)19(24)20(10-6-11-20)13-16-7-3-2-4-8-16/h2-4,7-8,17H,5-6,9-14H2,1H3. The Balaban J connectivity index is 1.49. The average Bonchev–Trinajstić information content (AvgIpc) is 3.05. The van der Waals surface area contributed by atoms with E-state index in [-0.39, 0.29) is 11.3 Å². The molecule has 5 heteroatoms. The highest BCUT2D eigenvalue weighted by molar-refractivity contribution is 5.84. The average molecular weight is 339 g/mol. The second kappa shape index (κ2) is 6.62. The summed E-state index contributed by atoms with van der Waals surface area (Å²) >= 11 is 0. The van der Waals surface area contributed by atoms with Crippen LogP contribution in [0.15, 0.2) is 34.9 Å². The molecule has 5 nitrogen and oxygen atoms in total. The van der Waals surface area contributed by atoms with E-state index in [1.54, 1.807) is 0 Å². The van der Waals surface area contributed by atoms with Crippen molar-refractivity contribution in [1.29, 1.82) is 0 Å². The Morgan fingerprint density at radius 1 is 1.28 bits per heavy atom. The number of nitrogens with zero attached hydrogens (tertiary/aromatic N) is 3. The van der Waals surface area contributed by atoms with E-state index in [0.717, 1.165) is 45.1 Å². The first-order chi connectivity index (χ1) is 12.2. The van der Waals surface area contributed by atoms with E-state index in [4.69, 9.17) is 4.52 Å². The number of aromatic nitrogens is 2. The Bertz CT molecular complexity index is 736. The zero-order valence-electron chi connectivity index (χ0n) is 14.8. The predicted octanol–water partition coefficient (Wildman–Crippen LogP) is 3.50. The summed E-state index contributed by atoms with van der Waals surface area (Å²) in [7, 11) is 0. The maximum atomic E-state index is 13.3. The van der Waals surface area contributed by atoms with Crippen LogP contribution in [0.5, 0.6) is 0 Å². The number of aryl methyl sites for hydroxylation is 1. The van der Waals surface area contributed by atoms with Crippen molar-refractivity contribution in [2.75, 3.05) is 13.1 Å². The molecule has 1 saturated heterocycles. The summed E-state index contributed by atoms with van der Waals surface area (Å²) in [6.07, 6.45) is 6.02. The maximum absolute atomic E-state index is 13.3. The van der Waals surface area contributed by atoms with Crippen LogP contribution in [0.25, 0.3) is 0 Å². The number of rotatable bonds is 4. The monoisotopic (exact) mass is 339 g/mol. The quantitative estimate of drug-likeness (QED) is 0.855. The smallest absolute Gasteiger partial charge is 0.231 e. The molecular weight excluding hydrogens is 314 g/mol. The van der Waals surface area contributed by atoms with Crippen molar-refractivity contribution >= 4 is 5.91 Å². The number of amides is 1. The van der Waals surface area contributed by atoms with Crippen LogP contribution in [0.1, 0.15) is 55.3 Å². The van der Waals surface area contributed by atoms with Gasteiger partial charge in [0.25, 0.3) is 0 Å². The minimum Gasteiger partial charge on any atom is -0.341 e. The van der Waals surface area contributed by atoms with E-state index in [0.29, 0.717) is 24.2 Å². The molecule has 0 N–H and O–H groups in total. The lowest BCUT2D eigenvalue weighted by Gasteiger charge is -2.45. The van der Waals surface area contributed by atoms with Crippen molar-refractivity contribution in [3.63, 3.8) is 0 Å². The van der Waals surface area contributed by atoms with Gasteiger partial charge in [-0.2, -0.15) is 4.98 Å². The summed E-state index contributed by atoms with van der Waals surface area (Å²) in [5.74, 6) is 1.84. The van der Waals surface area contributed by atoms with Gasteiger partial charge in [-0.1, -0.05) is 41.9 Å². The third-order valence-electron chi connectivity index (χ3n) is 5.75. The van der Waals surface area contributed by atoms with Gasteiger partial charge in [0, 0.05) is 13.1 Å². The molecule has 2 fully saturated rings. The summed E-state index contributed by atoms with van der Waals surface area (Å²) in [5.41, 5.74) is 1.06. The Labute approximate surface area is 148 Å². The van der Waals surface area contributed by atoms with Crippen molar-refractivity contribution in [2.45, 2.75) is 51.4 Å². The lowest BCUT2D eigenvalue weighted by atomic mass is 9.64. The van der Waals surface area contributed by atoms with E-state index >= 15 is 0 Å². The van der Waals surface area contributed by atoms with Crippen LogP contribution in [0.2, 0.25) is 0 Å². The van der Waals surface area contributed by atoms with Crippen molar-refractivity contribution in [2.24, 2.45) is 5.41 Å². The van der Waals surface area contributed by atoms with Crippen LogP contribution in [0, 0.1) is 12.3 Å². The van der Waals surface area contributed by atoms with E-state index in [9.17, 15) is 4.79 Å². The van der Waals surface area contributed by atoms with E-state index in [1.165, 1.54) is 5.56 Å². The van der Waals surface area contributed by atoms with Gasteiger partial charge >= 0.3 is 0 Å². The first-order valence-corrected chi connectivity index (χ1v) is 9.30. The van der Waals surface area contributed by atoms with Gasteiger partial charge in [0.2, 0.25) is 11.8 Å². The number of likely N-dealkylation sites (tertiary alicyclic amines) is 1. The molecule has 2 aliphatic rings. The molecule has 0 spiro atoms. The van der Waals surface area contributed by atoms with Gasteiger partial charge in [-0.3, -0.25) is 4.79 Å². The van der Waals surface area contributed by atoms with Gasteiger partial charge < -0.3 is 9.42 Å². The highest BCUT2D eigenvalue weighted by Crippen LogP contribution is 2.46. The summed E-state index contributed by atoms with van der Waals surface area (Å²) in [4.78, 5) is 19.8. The van der Waals surface area contributed by atoms with Crippen LogP contribution < -0.4 is 0 Å². The summed E-state index contributed by atoms with van der Waals surface area (Å²) in [5, 5.41) is 3.90. The molecule has 1 aromatic heterocycles. The topological polar surface area (TPSA) is 59.2 Å². The Morgan fingerprint density at radius 3 is 2.72 bits per heavy atom. The van der Waals surface area contributed by atoms with Gasteiger partial charge in [0.15, 0.2) is 5.82 Å². The van der Waals surface area contributed by atoms with Crippen LogP contribution in [0.4, 0.5) is 0 Å². The van der Waals surface area contributed by atoms with Crippen LogP contribution in [-0.2, 0) is 11.2 Å². The first-order valence-electron chi connectivity index (χ1n) is 9.30. The molecule has 1 amide bonds. The second-order valence-electron chi connectivity index (χ2n) is 7.57. The van der Waals surface area contributed by atoms with E-state index < -0.39 is 0 Å². The summed E-state index contributed by atoms with van der Waals surface area (Å²) < 4.78 is 5.35. The molecular formula is C20H25N3O2. The molecule has 2 heterocycles. The number of piperidine rings is 1. The zero-order valence-corrected chi connectivity index (χ0v) is 14.8. The van der Waals surface area contributed by atoms with E-state index in [1.807, 2.05) is 13.0 Å². The fourth-order valence-electron chi connectivity index (χ4n) is 4.23. The second-order valence-corrected chi connectivity index (χ2v) is 7.57. The van der Waals surface area contributed by atoms with Gasteiger partial charge in [0.05, 0.1) is 11.3 Å². The van der Waals surface area contributed by atoms with Crippen molar-refractivity contribution < 1.29 is 9.32 Å². The van der Waals surface area contributed by atoms with Crippen molar-refractivity contribution in [3.8, 4) is 0 Å². The molecule has 1 aromatic carbocycles. The number of hydrogen-bond acceptors (Lipinski definition) is 4. The Kier molecular flexibility index (Phi) is 4.32. The highest BCUT2D eigenvalue weighted by Gasteiger charge is 2.47. The third kappa shape index (κ3) is 3.20. The largest absolute Gasteiger partial charge is 0.341 e. The minimum absolute atomic E-state index is 0.174. The summed E-state index contributed by atoms with van der Waals surface area (Å²) in [6, 6.07) is 10.4. The number of benzene rings is 1. The molecule has 132 valence electrons. The van der Waals surface area contributed by atoms with Crippen LogP contribution in [0.3, 0.4) is 0 Å². The SMILES string of the molecule is Cc1noc(C2CCCN(C(=O)C3(Cc4ccccc4)CCC3)C2)n1. The molecule has 1 unspecified atom stereocenters. The molecule has 1 saturated carbocycles. The van der Waals surface area contributed by atoms with Gasteiger partial charge in [-0.15, -0.1) is 0 Å². The zero-order chi connectivity index (χ0) is 17.3. The first kappa shape index (κ1) is 16.3.